The van der Waals surface area contributed by atoms with Crippen LogP contribution >= 0.6 is 0 Å². The number of piperidine rings is 1. The highest BCUT2D eigenvalue weighted by molar-refractivity contribution is 5.54. The van der Waals surface area contributed by atoms with Crippen molar-refractivity contribution in [2.75, 3.05) is 44.2 Å². The van der Waals surface area contributed by atoms with E-state index in [-0.39, 0.29) is 0 Å². The third-order valence-electron chi connectivity index (χ3n) is 4.72. The van der Waals surface area contributed by atoms with Crippen molar-refractivity contribution in [1.29, 1.82) is 0 Å². The van der Waals surface area contributed by atoms with E-state index >= 15 is 0 Å². The van der Waals surface area contributed by atoms with Crippen LogP contribution in [0.4, 0.5) is 5.69 Å². The van der Waals surface area contributed by atoms with Crippen molar-refractivity contribution in [2.24, 2.45) is 5.92 Å². The maximum Gasteiger partial charge on any atom is 0.0411 e. The summed E-state index contributed by atoms with van der Waals surface area (Å²) in [7, 11) is 0. The molecule has 0 aliphatic carbocycles. The monoisotopic (exact) mass is 273 g/mol. The molecule has 0 atom stereocenters. The van der Waals surface area contributed by atoms with Gasteiger partial charge >= 0.3 is 0 Å². The molecule has 2 heterocycles. The minimum atomic E-state index is 0.895. The quantitative estimate of drug-likeness (QED) is 0.912. The number of nitrogens with zero attached hydrogens (tertiary/aromatic N) is 2. The molecule has 2 aliphatic rings. The van der Waals surface area contributed by atoms with Gasteiger partial charge in [0.1, 0.15) is 0 Å². The summed E-state index contributed by atoms with van der Waals surface area (Å²) in [4.78, 5) is 5.17. The largest absolute Gasteiger partial charge is 0.371 e. The lowest BCUT2D eigenvalue weighted by Gasteiger charge is -2.35. The lowest BCUT2D eigenvalue weighted by Crippen LogP contribution is -2.43. The van der Waals surface area contributed by atoms with Crippen molar-refractivity contribution in [3.8, 4) is 0 Å². The van der Waals surface area contributed by atoms with Gasteiger partial charge in [0.2, 0.25) is 0 Å². The Labute approximate surface area is 123 Å². The van der Waals surface area contributed by atoms with E-state index in [1.807, 2.05) is 0 Å². The predicted molar refractivity (Wildman–Crippen MR) is 85.2 cm³/mol. The highest BCUT2D eigenvalue weighted by Crippen LogP contribution is 2.27. The second kappa shape index (κ2) is 6.59. The van der Waals surface area contributed by atoms with Crippen molar-refractivity contribution in [3.05, 3.63) is 29.8 Å². The van der Waals surface area contributed by atoms with Crippen LogP contribution < -0.4 is 10.2 Å². The van der Waals surface area contributed by atoms with Gasteiger partial charge in [-0.25, -0.2) is 0 Å². The topological polar surface area (TPSA) is 18.5 Å². The summed E-state index contributed by atoms with van der Waals surface area (Å²) in [5.41, 5.74) is 2.97. The van der Waals surface area contributed by atoms with Crippen LogP contribution in [0.1, 0.15) is 25.3 Å². The number of hydrogen-bond acceptors (Lipinski definition) is 3. The summed E-state index contributed by atoms with van der Waals surface area (Å²) in [5, 5.41) is 3.43. The predicted octanol–water partition coefficient (Wildman–Crippen LogP) is 2.33. The molecule has 1 aromatic rings. The summed E-state index contributed by atoms with van der Waals surface area (Å²) in [6, 6.07) is 9.01. The minimum Gasteiger partial charge on any atom is -0.371 e. The highest BCUT2D eigenvalue weighted by Gasteiger charge is 2.19. The Balaban J connectivity index is 1.70. The second-order valence-corrected chi connectivity index (χ2v) is 6.32. The highest BCUT2D eigenvalue weighted by atomic mass is 15.2. The number of nitrogens with one attached hydrogen (secondary N) is 1. The summed E-state index contributed by atoms with van der Waals surface area (Å²) in [6.45, 7) is 10.5. The number of piperazine rings is 1. The van der Waals surface area contributed by atoms with Crippen LogP contribution in [0.5, 0.6) is 0 Å². The van der Waals surface area contributed by atoms with E-state index in [9.17, 15) is 0 Å². The molecule has 0 saturated carbocycles. The van der Waals surface area contributed by atoms with Gasteiger partial charge in [0.25, 0.3) is 0 Å². The SMILES string of the molecule is CC1CCN(c2ccccc2CN2CCNCC2)CC1. The van der Waals surface area contributed by atoms with E-state index in [2.05, 4.69) is 46.3 Å². The molecule has 110 valence electrons. The standard InChI is InChI=1S/C17H27N3/c1-15-6-10-20(11-7-15)17-5-3-2-4-16(17)14-19-12-8-18-9-13-19/h2-5,15,18H,6-14H2,1H3. The normalized spacial score (nSPS) is 22.1. The molecule has 2 fully saturated rings. The lowest BCUT2D eigenvalue weighted by molar-refractivity contribution is 0.233. The van der Waals surface area contributed by atoms with Crippen molar-refractivity contribution >= 4 is 5.69 Å². The fourth-order valence-electron chi connectivity index (χ4n) is 3.31. The van der Waals surface area contributed by atoms with Crippen molar-refractivity contribution in [2.45, 2.75) is 26.3 Å². The summed E-state index contributed by atoms with van der Waals surface area (Å²) >= 11 is 0. The van der Waals surface area contributed by atoms with Gasteiger partial charge in [-0.2, -0.15) is 0 Å². The summed E-state index contributed by atoms with van der Waals surface area (Å²) in [5.74, 6) is 0.895. The molecule has 0 bridgehead atoms. The van der Waals surface area contributed by atoms with Gasteiger partial charge in [0.05, 0.1) is 0 Å². The van der Waals surface area contributed by atoms with Gasteiger partial charge in [-0.15, -0.1) is 0 Å². The molecule has 0 unspecified atom stereocenters. The molecule has 0 amide bonds. The molecule has 3 rings (SSSR count). The summed E-state index contributed by atoms with van der Waals surface area (Å²) < 4.78 is 0. The fraction of sp³-hybridized carbons (Fsp3) is 0.647. The van der Waals surface area contributed by atoms with Crippen molar-refractivity contribution in [1.82, 2.24) is 10.2 Å². The average Bonchev–Trinajstić information content (AvgIpc) is 2.50. The Hall–Kier alpha value is -1.06. The molecule has 2 aliphatic heterocycles. The van der Waals surface area contributed by atoms with Crippen LogP contribution in [0.25, 0.3) is 0 Å². The van der Waals surface area contributed by atoms with E-state index in [0.29, 0.717) is 0 Å². The zero-order chi connectivity index (χ0) is 13.8. The molecule has 1 N–H and O–H groups in total. The van der Waals surface area contributed by atoms with Crippen LogP contribution in [-0.4, -0.2) is 44.2 Å². The first-order chi connectivity index (χ1) is 9.83. The molecule has 0 spiro atoms. The lowest BCUT2D eigenvalue weighted by atomic mass is 9.98. The number of rotatable bonds is 3. The van der Waals surface area contributed by atoms with Crippen LogP contribution in [0.3, 0.4) is 0 Å². The van der Waals surface area contributed by atoms with Crippen LogP contribution in [0, 0.1) is 5.92 Å². The molecule has 20 heavy (non-hydrogen) atoms. The molecular formula is C17H27N3. The van der Waals surface area contributed by atoms with E-state index in [1.54, 1.807) is 0 Å². The number of benzene rings is 1. The maximum atomic E-state index is 3.43. The van der Waals surface area contributed by atoms with Gasteiger partial charge in [0, 0.05) is 51.5 Å². The number of anilines is 1. The zero-order valence-electron chi connectivity index (χ0n) is 12.6. The maximum absolute atomic E-state index is 3.43. The number of para-hydroxylation sites is 1. The summed E-state index contributed by atoms with van der Waals surface area (Å²) in [6.07, 6.45) is 2.67. The molecule has 1 aromatic carbocycles. The van der Waals surface area contributed by atoms with Gasteiger partial charge in [-0.3, -0.25) is 4.90 Å². The Morgan fingerprint density at radius 2 is 1.75 bits per heavy atom. The van der Waals surface area contributed by atoms with E-state index in [4.69, 9.17) is 0 Å². The molecular weight excluding hydrogens is 246 g/mol. The van der Waals surface area contributed by atoms with Crippen molar-refractivity contribution < 1.29 is 0 Å². The molecule has 0 aromatic heterocycles. The smallest absolute Gasteiger partial charge is 0.0411 e. The third-order valence-corrected chi connectivity index (χ3v) is 4.72. The zero-order valence-corrected chi connectivity index (χ0v) is 12.6. The van der Waals surface area contributed by atoms with E-state index < -0.39 is 0 Å². The first-order valence-electron chi connectivity index (χ1n) is 8.09. The molecule has 3 heteroatoms. The Kier molecular flexibility index (Phi) is 4.58. The van der Waals surface area contributed by atoms with E-state index in [0.717, 1.165) is 25.6 Å². The van der Waals surface area contributed by atoms with Gasteiger partial charge in [-0.1, -0.05) is 25.1 Å². The molecule has 0 radical (unpaired) electrons. The Morgan fingerprint density at radius 1 is 1.05 bits per heavy atom. The molecule has 2 saturated heterocycles. The van der Waals surface area contributed by atoms with E-state index in [1.165, 1.54) is 50.3 Å². The average molecular weight is 273 g/mol. The van der Waals surface area contributed by atoms with Crippen LogP contribution in [0.2, 0.25) is 0 Å². The fourth-order valence-corrected chi connectivity index (χ4v) is 3.31. The van der Waals surface area contributed by atoms with Crippen molar-refractivity contribution in [3.63, 3.8) is 0 Å². The van der Waals surface area contributed by atoms with Crippen LogP contribution in [-0.2, 0) is 6.54 Å². The third kappa shape index (κ3) is 3.33. The van der Waals surface area contributed by atoms with Gasteiger partial charge in [-0.05, 0) is 30.4 Å². The molecule has 3 nitrogen and oxygen atoms in total. The minimum absolute atomic E-state index is 0.895. The number of hydrogen-bond donors (Lipinski definition) is 1. The first kappa shape index (κ1) is 13.9. The van der Waals surface area contributed by atoms with Gasteiger partial charge < -0.3 is 10.2 Å². The Morgan fingerprint density at radius 3 is 2.50 bits per heavy atom. The Bertz CT molecular complexity index is 418. The second-order valence-electron chi connectivity index (χ2n) is 6.32. The van der Waals surface area contributed by atoms with Gasteiger partial charge in [0.15, 0.2) is 0 Å². The van der Waals surface area contributed by atoms with Crippen LogP contribution in [0.15, 0.2) is 24.3 Å². The first-order valence-corrected chi connectivity index (χ1v) is 8.09.